The van der Waals surface area contributed by atoms with Crippen LogP contribution in [0.4, 0.5) is 0 Å². The van der Waals surface area contributed by atoms with Crippen LogP contribution in [0, 0.1) is 55.5 Å². The van der Waals surface area contributed by atoms with Crippen molar-refractivity contribution in [1.29, 1.82) is 0 Å². The molecule has 0 aromatic heterocycles. The zero-order chi connectivity index (χ0) is 51.5. The number of esters is 3. The van der Waals surface area contributed by atoms with Crippen LogP contribution in [0.15, 0.2) is 16.9 Å². The second-order valence-electron chi connectivity index (χ2n) is 23.6. The molecule has 0 unspecified atom stereocenters. The number of rotatable bonds is 14. The van der Waals surface area contributed by atoms with Crippen LogP contribution in [0.1, 0.15) is 126 Å². The molecular weight excluding hydrogens is 919 g/mol. The summed E-state index contributed by atoms with van der Waals surface area (Å²) in [5.74, 6) is -1.24. The molecule has 7 aliphatic rings. The van der Waals surface area contributed by atoms with E-state index < -0.39 is 97.9 Å². The minimum atomic E-state index is -1.76. The number of aliphatic hydroxyl groups is 8. The van der Waals surface area contributed by atoms with E-state index in [0.29, 0.717) is 25.2 Å². The number of carbonyl (C=O) groups excluding carboxylic acids is 3. The molecule has 6 fully saturated rings. The van der Waals surface area contributed by atoms with E-state index in [1.165, 1.54) is 12.6 Å². The van der Waals surface area contributed by atoms with Gasteiger partial charge in [0.2, 0.25) is 11.6 Å². The van der Waals surface area contributed by atoms with Gasteiger partial charge in [-0.1, -0.05) is 60.1 Å². The summed E-state index contributed by atoms with van der Waals surface area (Å²) in [6.45, 7) is 14.4. The lowest BCUT2D eigenvalue weighted by atomic mass is 9.33. The van der Waals surface area contributed by atoms with Gasteiger partial charge in [-0.3, -0.25) is 14.4 Å². The van der Waals surface area contributed by atoms with E-state index in [-0.39, 0.29) is 76.0 Å². The first kappa shape index (κ1) is 54.5. The maximum atomic E-state index is 14.6. The number of allylic oxidation sites excluding steroid dienone is 2. The molecule has 2 heterocycles. The lowest BCUT2D eigenvalue weighted by Crippen LogP contribution is -2.65. The predicted molar refractivity (Wildman–Crippen MR) is 243 cm³/mol. The topological polar surface area (TPSA) is 310 Å². The van der Waals surface area contributed by atoms with Crippen LogP contribution in [0.2, 0.25) is 0 Å². The molecule has 21 heteroatoms. The van der Waals surface area contributed by atoms with Gasteiger partial charge in [-0.15, -0.1) is 5.01 Å². The van der Waals surface area contributed by atoms with Crippen molar-refractivity contribution in [2.45, 2.75) is 193 Å². The molecule has 21 nitrogen and oxygen atoms in total. The zero-order valence-corrected chi connectivity index (χ0v) is 42.0. The van der Waals surface area contributed by atoms with Crippen LogP contribution in [0.3, 0.4) is 0 Å². The van der Waals surface area contributed by atoms with Crippen molar-refractivity contribution in [3.63, 3.8) is 0 Å². The Morgan fingerprint density at radius 2 is 1.36 bits per heavy atom. The molecule has 4 saturated carbocycles. The molecule has 0 aromatic rings. The molecule has 5 aliphatic carbocycles. The highest BCUT2D eigenvalue weighted by Crippen LogP contribution is 2.76. The van der Waals surface area contributed by atoms with Crippen molar-refractivity contribution in [2.24, 2.45) is 55.5 Å². The Kier molecular flexibility index (Phi) is 15.8. The fourth-order valence-electron chi connectivity index (χ4n) is 14.4. The van der Waals surface area contributed by atoms with Gasteiger partial charge in [-0.05, 0) is 104 Å². The van der Waals surface area contributed by atoms with Crippen molar-refractivity contribution in [3.8, 4) is 0 Å². The summed E-state index contributed by atoms with van der Waals surface area (Å²) in [6, 6.07) is 0. The molecular formula is C49H79N3O18. The van der Waals surface area contributed by atoms with Crippen LogP contribution < -0.4 is 0 Å². The molecule has 2 aliphatic heterocycles. The monoisotopic (exact) mass is 998 g/mol. The van der Waals surface area contributed by atoms with E-state index in [4.69, 9.17) is 28.5 Å². The third-order valence-corrected chi connectivity index (χ3v) is 18.9. The van der Waals surface area contributed by atoms with Crippen LogP contribution in [-0.4, -0.2) is 170 Å². The van der Waals surface area contributed by atoms with Gasteiger partial charge in [-0.2, -0.15) is 0 Å². The molecule has 7 rings (SSSR count). The molecule has 0 aromatic carbocycles. The summed E-state index contributed by atoms with van der Waals surface area (Å²) in [6.07, 6.45) is -6.31. The van der Waals surface area contributed by atoms with Crippen molar-refractivity contribution in [3.05, 3.63) is 16.9 Å². The summed E-state index contributed by atoms with van der Waals surface area (Å²) in [7, 11) is 1.32. The zero-order valence-electron chi connectivity index (χ0n) is 42.0. The van der Waals surface area contributed by atoms with Gasteiger partial charge in [0.25, 0.3) is 6.29 Å². The first-order chi connectivity index (χ1) is 32.7. The predicted octanol–water partition coefficient (Wildman–Crippen LogP) is 1.91. The Morgan fingerprint density at radius 3 is 2.00 bits per heavy atom. The Labute approximate surface area is 409 Å². The van der Waals surface area contributed by atoms with Gasteiger partial charge in [0, 0.05) is 5.41 Å². The van der Waals surface area contributed by atoms with Gasteiger partial charge < -0.3 is 74.6 Å². The Balaban J connectivity index is 0.951. The maximum absolute atomic E-state index is 14.6. The van der Waals surface area contributed by atoms with E-state index in [9.17, 15) is 60.4 Å². The third kappa shape index (κ3) is 9.58. The van der Waals surface area contributed by atoms with Crippen LogP contribution >= 0.6 is 0 Å². The molecule has 0 spiro atoms. The minimum absolute atomic E-state index is 0.00344. The Hall–Kier alpha value is -3.25. The molecule has 0 radical (unpaired) electrons. The van der Waals surface area contributed by atoms with E-state index in [0.717, 1.165) is 50.0 Å². The first-order valence-electron chi connectivity index (χ1n) is 25.1. The largest absolute Gasteiger partial charge is 0.569 e. The van der Waals surface area contributed by atoms with Crippen LogP contribution in [0.25, 0.3) is 0 Å². The number of hydrogen-bond donors (Lipinski definition) is 8. The molecule has 18 atom stereocenters. The number of nitrogens with zero attached hydrogens (tertiary/aromatic N) is 3. The number of likely N-dealkylation sites (N-methyl/N-ethyl adjacent to an activating group) is 1. The normalized spacial score (nSPS) is 44.2. The van der Waals surface area contributed by atoms with Crippen molar-refractivity contribution in [1.82, 2.24) is 5.01 Å². The average molecular weight is 998 g/mol. The van der Waals surface area contributed by atoms with Crippen LogP contribution in [0.5, 0.6) is 0 Å². The molecule has 0 amide bonds. The molecule has 0 bridgehead atoms. The number of ether oxygens (including phenoxy) is 5. The fourth-order valence-corrected chi connectivity index (χ4v) is 14.4. The van der Waals surface area contributed by atoms with Crippen molar-refractivity contribution < 1.29 is 88.7 Å². The lowest BCUT2D eigenvalue weighted by molar-refractivity contribution is -0.708. The Bertz CT molecular complexity index is 1980. The second-order valence-corrected chi connectivity index (χ2v) is 23.6. The average Bonchev–Trinajstić information content (AvgIpc) is 3.30. The van der Waals surface area contributed by atoms with E-state index in [2.05, 4.69) is 59.8 Å². The summed E-state index contributed by atoms with van der Waals surface area (Å²) in [4.78, 5) is 45.5. The lowest BCUT2D eigenvalue weighted by Gasteiger charge is -2.71. The second kappa shape index (κ2) is 20.2. The smallest absolute Gasteiger partial charge is 0.315 e. The van der Waals surface area contributed by atoms with Gasteiger partial charge in [0.15, 0.2) is 0 Å². The van der Waals surface area contributed by atoms with Crippen molar-refractivity contribution >= 4 is 17.9 Å². The maximum Gasteiger partial charge on any atom is 0.315 e. The minimum Gasteiger partial charge on any atom is -0.569 e. The summed E-state index contributed by atoms with van der Waals surface area (Å²) in [5, 5.41) is 97.3. The van der Waals surface area contributed by atoms with E-state index >= 15 is 0 Å². The highest BCUT2D eigenvalue weighted by Gasteiger charge is 2.70. The summed E-state index contributed by atoms with van der Waals surface area (Å²) < 4.78 is 28.2. The number of hydrazine groups is 1. The number of carbonyl (C=O) groups is 3. The SMILES string of the molecule is CN(CCOC(=O)CCC(=O)O[C@H]1CC[C@]2(C)[C@H]3CC=C4[C@@H]5CC(C)(C)CC[C@]5(C(=O)O[C@@H]5O[C@H](CO)[C@H](O)[C@H](O)[C@H]5O)CC[C@@]4(C)[C@]3(C)CC[C@H]2C1(C)C)/[N+]([O-])=N/O[C@@H]1O[C@H](CO)[C@@H](O)[C@H](O)[C@H]1O. The molecule has 8 N–H and O–H groups in total. The first-order valence-corrected chi connectivity index (χ1v) is 25.1. The fraction of sp³-hybridized carbons (Fsp3) is 0.898. The number of aliphatic hydroxyl groups excluding tert-OH is 8. The quantitative estimate of drug-likeness (QED) is 0.0308. The highest BCUT2D eigenvalue weighted by atomic mass is 16.8. The highest BCUT2D eigenvalue weighted by molar-refractivity contribution is 5.79. The van der Waals surface area contributed by atoms with Gasteiger partial charge in [0.05, 0.1) is 43.5 Å². The standard InChI is InChI=1S/C49H79N3O18/c1-44(2)17-19-49(43(63)69-41-39(61)37(59)35(57)28(24-53)66-41)20-18-47(6)26(27(49)23-44)9-10-31-46(5)15-14-32(45(3,4)30(46)13-16-48(31,47)7)68-34(56)12-11-33(55)65-22-21-51(8)52(64)50-70-42-40(62)38(60)36(58)29(25-54)67-42/h9,27-32,35-42,53-54,57-62H,10-25H2,1-8H3/b52-50-/t27-,28+,29+,30-,31+,32-,35-,36+,37-,38-,39+,40+,41-,42-,46-,47+,48+,49-/m0/s1. The Morgan fingerprint density at radius 1 is 0.757 bits per heavy atom. The molecule has 398 valence electrons. The number of fused-ring (bicyclic) bond motifs is 7. The van der Waals surface area contributed by atoms with Gasteiger partial charge >= 0.3 is 17.9 Å². The van der Waals surface area contributed by atoms with E-state index in [1.807, 2.05) is 0 Å². The summed E-state index contributed by atoms with van der Waals surface area (Å²) in [5.41, 5.74) is -0.452. The molecule has 2 saturated heterocycles. The molecule has 70 heavy (non-hydrogen) atoms. The van der Waals surface area contributed by atoms with Crippen molar-refractivity contribution in [2.75, 3.05) is 33.4 Å². The number of hydrogen-bond acceptors (Lipinski definition) is 19. The van der Waals surface area contributed by atoms with Gasteiger partial charge in [-0.25, -0.2) is 0 Å². The van der Waals surface area contributed by atoms with Crippen LogP contribution in [-0.2, 0) is 42.9 Å². The van der Waals surface area contributed by atoms with E-state index in [1.54, 1.807) is 0 Å². The van der Waals surface area contributed by atoms with Gasteiger partial charge in [0.1, 0.15) is 68.1 Å². The summed E-state index contributed by atoms with van der Waals surface area (Å²) >= 11 is 0. The third-order valence-electron chi connectivity index (χ3n) is 18.9.